The maximum Gasteiger partial charge on any atom is 0.257 e. The number of para-hydroxylation sites is 2. The van der Waals surface area contributed by atoms with E-state index in [0.29, 0.717) is 11.3 Å². The molecule has 0 fully saturated rings. The third-order valence-corrected chi connectivity index (χ3v) is 6.10. The van der Waals surface area contributed by atoms with Crippen molar-refractivity contribution < 1.29 is 4.79 Å². The van der Waals surface area contributed by atoms with Crippen molar-refractivity contribution in [2.75, 3.05) is 16.8 Å². The van der Waals surface area contributed by atoms with E-state index in [1.165, 1.54) is 11.3 Å². The first-order valence-electron chi connectivity index (χ1n) is 11.1. The summed E-state index contributed by atoms with van der Waals surface area (Å²) in [6.07, 6.45) is 2.83. The van der Waals surface area contributed by atoms with Gasteiger partial charge < -0.3 is 10.2 Å². The van der Waals surface area contributed by atoms with Gasteiger partial charge in [0.15, 0.2) is 5.65 Å². The Bertz CT molecular complexity index is 1310. The molecule has 1 N–H and O–H groups in total. The Morgan fingerprint density at radius 3 is 2.75 bits per heavy atom. The van der Waals surface area contributed by atoms with Crippen LogP contribution in [-0.4, -0.2) is 27.2 Å². The number of aryl methyl sites for hydroxylation is 1. The molecule has 32 heavy (non-hydrogen) atoms. The van der Waals surface area contributed by atoms with E-state index >= 15 is 0 Å². The lowest BCUT2D eigenvalue weighted by Gasteiger charge is -2.21. The number of benzene rings is 2. The van der Waals surface area contributed by atoms with Crippen molar-refractivity contribution in [1.82, 2.24) is 14.8 Å². The summed E-state index contributed by atoms with van der Waals surface area (Å²) in [5, 5.41) is 8.43. The molecule has 4 aromatic rings. The monoisotopic (exact) mass is 425 g/mol. The van der Waals surface area contributed by atoms with Crippen LogP contribution >= 0.6 is 0 Å². The zero-order valence-corrected chi connectivity index (χ0v) is 18.7. The normalized spacial score (nSPS) is 13.1. The van der Waals surface area contributed by atoms with E-state index in [0.717, 1.165) is 41.8 Å². The minimum atomic E-state index is -0.150. The minimum Gasteiger partial charge on any atom is -0.367 e. The fraction of sp³-hybridized carbons (Fsp3) is 0.269. The van der Waals surface area contributed by atoms with Gasteiger partial charge in [0.1, 0.15) is 0 Å². The molecule has 0 unspecified atom stereocenters. The smallest absolute Gasteiger partial charge is 0.257 e. The van der Waals surface area contributed by atoms with Gasteiger partial charge in [-0.3, -0.25) is 4.79 Å². The van der Waals surface area contributed by atoms with Crippen LogP contribution in [0.5, 0.6) is 0 Å². The SMILES string of the molecule is Cc1nc2c(cnn2C(C)C)cc1C(=O)Nc1ccccc1CN1CCc2ccccc21. The second-order valence-electron chi connectivity index (χ2n) is 8.63. The molecule has 3 heterocycles. The standard InChI is InChI=1S/C26H27N5O/c1-17(2)31-25-21(15-27-31)14-22(18(3)28-25)26(32)29-23-10-6-4-9-20(23)16-30-13-12-19-8-5-7-11-24(19)30/h4-11,14-15,17H,12-13,16H2,1-3H3,(H,29,32). The molecular weight excluding hydrogens is 398 g/mol. The first-order valence-corrected chi connectivity index (χ1v) is 11.1. The van der Waals surface area contributed by atoms with Crippen molar-refractivity contribution in [2.45, 2.75) is 39.8 Å². The fourth-order valence-corrected chi connectivity index (χ4v) is 4.42. The highest BCUT2D eigenvalue weighted by Crippen LogP contribution is 2.30. The molecular formula is C26H27N5O. The molecule has 0 saturated carbocycles. The summed E-state index contributed by atoms with van der Waals surface area (Å²) in [6.45, 7) is 7.75. The summed E-state index contributed by atoms with van der Waals surface area (Å²) in [5.74, 6) is -0.150. The van der Waals surface area contributed by atoms with Gasteiger partial charge in [0.2, 0.25) is 0 Å². The lowest BCUT2D eigenvalue weighted by atomic mass is 10.1. The van der Waals surface area contributed by atoms with Gasteiger partial charge >= 0.3 is 0 Å². The number of aromatic nitrogens is 3. The summed E-state index contributed by atoms with van der Waals surface area (Å²) < 4.78 is 1.88. The highest BCUT2D eigenvalue weighted by molar-refractivity contribution is 6.07. The molecule has 6 heteroatoms. The van der Waals surface area contributed by atoms with Crippen molar-refractivity contribution in [2.24, 2.45) is 0 Å². The highest BCUT2D eigenvalue weighted by atomic mass is 16.1. The van der Waals surface area contributed by atoms with Crippen molar-refractivity contribution in [3.05, 3.63) is 83.2 Å². The minimum absolute atomic E-state index is 0.150. The molecule has 1 aliphatic rings. The molecule has 0 spiro atoms. The molecule has 2 aromatic heterocycles. The van der Waals surface area contributed by atoms with Crippen LogP contribution in [0.3, 0.4) is 0 Å². The molecule has 1 aliphatic heterocycles. The summed E-state index contributed by atoms with van der Waals surface area (Å²) in [6, 6.07) is 18.7. The number of rotatable bonds is 5. The van der Waals surface area contributed by atoms with Crippen LogP contribution < -0.4 is 10.2 Å². The van der Waals surface area contributed by atoms with Crippen molar-refractivity contribution in [3.8, 4) is 0 Å². The van der Waals surface area contributed by atoms with Gasteiger partial charge in [0.05, 0.1) is 17.5 Å². The average Bonchev–Trinajstić information content (AvgIpc) is 3.38. The zero-order chi connectivity index (χ0) is 22.2. The number of amides is 1. The Morgan fingerprint density at radius 1 is 1.12 bits per heavy atom. The third kappa shape index (κ3) is 3.62. The number of carbonyl (C=O) groups excluding carboxylic acids is 1. The Labute approximate surface area is 187 Å². The Morgan fingerprint density at radius 2 is 1.91 bits per heavy atom. The van der Waals surface area contributed by atoms with Gasteiger partial charge in [0.25, 0.3) is 5.91 Å². The van der Waals surface area contributed by atoms with E-state index in [-0.39, 0.29) is 11.9 Å². The predicted molar refractivity (Wildman–Crippen MR) is 128 cm³/mol. The van der Waals surface area contributed by atoms with Crippen LogP contribution in [0.4, 0.5) is 11.4 Å². The van der Waals surface area contributed by atoms with Crippen LogP contribution in [0.15, 0.2) is 60.8 Å². The fourth-order valence-electron chi connectivity index (χ4n) is 4.42. The third-order valence-electron chi connectivity index (χ3n) is 6.10. The second-order valence-corrected chi connectivity index (χ2v) is 8.63. The number of carbonyl (C=O) groups is 1. The quantitative estimate of drug-likeness (QED) is 0.481. The van der Waals surface area contributed by atoms with E-state index in [1.807, 2.05) is 35.9 Å². The lowest BCUT2D eigenvalue weighted by Crippen LogP contribution is -2.22. The summed E-state index contributed by atoms with van der Waals surface area (Å²) >= 11 is 0. The summed E-state index contributed by atoms with van der Waals surface area (Å²) in [4.78, 5) is 20.3. The van der Waals surface area contributed by atoms with Gasteiger partial charge in [0, 0.05) is 35.9 Å². The number of nitrogens with one attached hydrogen (secondary N) is 1. The number of fused-ring (bicyclic) bond motifs is 2. The average molecular weight is 426 g/mol. The summed E-state index contributed by atoms with van der Waals surface area (Å²) in [7, 11) is 0. The van der Waals surface area contributed by atoms with Crippen LogP contribution in [-0.2, 0) is 13.0 Å². The van der Waals surface area contributed by atoms with Crippen LogP contribution in [0, 0.1) is 6.92 Å². The van der Waals surface area contributed by atoms with Crippen LogP contribution in [0.25, 0.3) is 11.0 Å². The number of pyridine rings is 1. The van der Waals surface area contributed by atoms with E-state index in [1.54, 1.807) is 6.20 Å². The molecule has 0 radical (unpaired) electrons. The van der Waals surface area contributed by atoms with Crippen molar-refractivity contribution in [1.29, 1.82) is 0 Å². The molecule has 0 saturated heterocycles. The Balaban J connectivity index is 1.41. The molecule has 162 valence electrons. The highest BCUT2D eigenvalue weighted by Gasteiger charge is 2.21. The number of hydrogen-bond donors (Lipinski definition) is 1. The molecule has 0 atom stereocenters. The molecule has 5 rings (SSSR count). The molecule has 0 aliphatic carbocycles. The van der Waals surface area contributed by atoms with E-state index in [9.17, 15) is 4.79 Å². The van der Waals surface area contributed by atoms with Gasteiger partial charge in [-0.2, -0.15) is 5.10 Å². The Kier molecular flexibility index (Phi) is 5.13. The van der Waals surface area contributed by atoms with E-state index < -0.39 is 0 Å². The molecule has 2 aromatic carbocycles. The van der Waals surface area contributed by atoms with Crippen LogP contribution in [0.1, 0.15) is 47.1 Å². The number of anilines is 2. The van der Waals surface area contributed by atoms with Gasteiger partial charge in [-0.25, -0.2) is 9.67 Å². The zero-order valence-electron chi connectivity index (χ0n) is 18.7. The van der Waals surface area contributed by atoms with Gasteiger partial charge in [-0.1, -0.05) is 36.4 Å². The molecule has 1 amide bonds. The lowest BCUT2D eigenvalue weighted by molar-refractivity contribution is 0.102. The van der Waals surface area contributed by atoms with Crippen molar-refractivity contribution >= 4 is 28.3 Å². The maximum absolute atomic E-state index is 13.2. The first kappa shape index (κ1) is 20.2. The van der Waals surface area contributed by atoms with Crippen LogP contribution in [0.2, 0.25) is 0 Å². The topological polar surface area (TPSA) is 63.1 Å². The number of nitrogens with zero attached hydrogens (tertiary/aromatic N) is 4. The number of hydrogen-bond acceptors (Lipinski definition) is 4. The second kappa shape index (κ2) is 8.11. The molecule has 6 nitrogen and oxygen atoms in total. The van der Waals surface area contributed by atoms with Gasteiger partial charge in [-0.05, 0) is 56.5 Å². The molecule has 0 bridgehead atoms. The van der Waals surface area contributed by atoms with Crippen molar-refractivity contribution in [3.63, 3.8) is 0 Å². The Hall–Kier alpha value is -3.67. The predicted octanol–water partition coefficient (Wildman–Crippen LogP) is 5.14. The van der Waals surface area contributed by atoms with E-state index in [4.69, 9.17) is 0 Å². The van der Waals surface area contributed by atoms with Gasteiger partial charge in [-0.15, -0.1) is 0 Å². The maximum atomic E-state index is 13.2. The van der Waals surface area contributed by atoms with E-state index in [2.05, 4.69) is 64.5 Å². The summed E-state index contributed by atoms with van der Waals surface area (Å²) in [5.41, 5.74) is 6.66. The largest absolute Gasteiger partial charge is 0.367 e. The first-order chi connectivity index (χ1) is 15.5.